The van der Waals surface area contributed by atoms with E-state index in [9.17, 15) is 5.11 Å². The highest BCUT2D eigenvalue weighted by molar-refractivity contribution is 9.10. The van der Waals surface area contributed by atoms with Crippen molar-refractivity contribution in [2.75, 3.05) is 5.75 Å². The fraction of sp³-hybridized carbons (Fsp3) is 0.0909. The molecular formula is C11H7BrN2OS2. The van der Waals surface area contributed by atoms with Gasteiger partial charge in [0.05, 0.1) is 11.3 Å². The summed E-state index contributed by atoms with van der Waals surface area (Å²) in [4.78, 5) is 7.23. The SMILES string of the molecule is Oc1[nH]c2ccc(Br)cc2c1C1=NC(=S)SC1. The zero-order valence-electron chi connectivity index (χ0n) is 8.53. The predicted molar refractivity (Wildman–Crippen MR) is 79.3 cm³/mol. The number of nitrogens with one attached hydrogen (secondary N) is 1. The van der Waals surface area contributed by atoms with Gasteiger partial charge in [-0.1, -0.05) is 39.9 Å². The van der Waals surface area contributed by atoms with Crippen LogP contribution in [0.4, 0.5) is 0 Å². The molecule has 86 valence electrons. The minimum Gasteiger partial charge on any atom is -0.494 e. The van der Waals surface area contributed by atoms with E-state index in [1.807, 2.05) is 18.2 Å². The normalized spacial score (nSPS) is 15.6. The number of thiocarbonyl (C=S) groups is 1. The number of H-pyrrole nitrogens is 1. The Labute approximate surface area is 115 Å². The Hall–Kier alpha value is -0.850. The molecule has 0 unspecified atom stereocenters. The number of thioether (sulfide) groups is 1. The van der Waals surface area contributed by atoms with Gasteiger partial charge >= 0.3 is 0 Å². The van der Waals surface area contributed by atoms with Gasteiger partial charge in [0.25, 0.3) is 0 Å². The fourth-order valence-corrected chi connectivity index (χ4v) is 3.17. The third-order valence-corrected chi connectivity index (χ3v) is 4.28. The van der Waals surface area contributed by atoms with Gasteiger partial charge in [0.1, 0.15) is 0 Å². The lowest BCUT2D eigenvalue weighted by Gasteiger charge is -1.98. The Kier molecular flexibility index (Phi) is 2.72. The molecule has 0 saturated carbocycles. The van der Waals surface area contributed by atoms with Crippen LogP contribution in [0.25, 0.3) is 10.9 Å². The standard InChI is InChI=1S/C11H7BrN2OS2/c12-5-1-2-7-6(3-5)9(10(15)13-7)8-4-17-11(16)14-8/h1-3,13,15H,4H2. The average molecular weight is 327 g/mol. The van der Waals surface area contributed by atoms with Crippen molar-refractivity contribution in [1.29, 1.82) is 0 Å². The maximum Gasteiger partial charge on any atom is 0.198 e. The topological polar surface area (TPSA) is 48.4 Å². The Morgan fingerprint density at radius 3 is 3.00 bits per heavy atom. The van der Waals surface area contributed by atoms with E-state index in [4.69, 9.17) is 12.2 Å². The summed E-state index contributed by atoms with van der Waals surface area (Å²) in [5.41, 5.74) is 2.49. The van der Waals surface area contributed by atoms with Crippen molar-refractivity contribution < 1.29 is 5.11 Å². The van der Waals surface area contributed by atoms with Crippen molar-refractivity contribution in [3.8, 4) is 5.88 Å². The molecule has 1 aromatic carbocycles. The fourth-order valence-electron chi connectivity index (χ4n) is 1.87. The number of nitrogens with zero attached hydrogens (tertiary/aromatic N) is 1. The molecule has 1 aliphatic heterocycles. The average Bonchev–Trinajstić information content (AvgIpc) is 2.81. The Balaban J connectivity index is 2.28. The highest BCUT2D eigenvalue weighted by Crippen LogP contribution is 2.33. The molecule has 17 heavy (non-hydrogen) atoms. The molecular weight excluding hydrogens is 320 g/mol. The first kappa shape index (κ1) is 11.3. The van der Waals surface area contributed by atoms with Crippen LogP contribution in [0.2, 0.25) is 0 Å². The van der Waals surface area contributed by atoms with Crippen molar-refractivity contribution in [3.05, 3.63) is 28.2 Å². The summed E-state index contributed by atoms with van der Waals surface area (Å²) in [6.45, 7) is 0. The number of aromatic nitrogens is 1. The van der Waals surface area contributed by atoms with Crippen molar-refractivity contribution in [3.63, 3.8) is 0 Å². The highest BCUT2D eigenvalue weighted by atomic mass is 79.9. The van der Waals surface area contributed by atoms with Crippen molar-refractivity contribution in [2.24, 2.45) is 4.99 Å². The van der Waals surface area contributed by atoms with Gasteiger partial charge in [0, 0.05) is 21.1 Å². The predicted octanol–water partition coefficient (Wildman–Crippen LogP) is 3.46. The molecule has 0 spiro atoms. The molecule has 0 bridgehead atoms. The number of hydrogen-bond donors (Lipinski definition) is 2. The number of aromatic amines is 1. The van der Waals surface area contributed by atoms with E-state index < -0.39 is 0 Å². The molecule has 0 saturated heterocycles. The van der Waals surface area contributed by atoms with Gasteiger partial charge in [-0.15, -0.1) is 0 Å². The second-order valence-corrected chi connectivity index (χ2v) is 6.18. The van der Waals surface area contributed by atoms with Crippen LogP contribution in [0.3, 0.4) is 0 Å². The van der Waals surface area contributed by atoms with Crippen LogP contribution in [-0.2, 0) is 0 Å². The Bertz CT molecular complexity index is 663. The summed E-state index contributed by atoms with van der Waals surface area (Å²) in [5.74, 6) is 0.869. The molecule has 0 atom stereocenters. The van der Waals surface area contributed by atoms with Crippen LogP contribution < -0.4 is 0 Å². The lowest BCUT2D eigenvalue weighted by molar-refractivity contribution is 0.457. The van der Waals surface area contributed by atoms with Crippen LogP contribution in [-0.4, -0.2) is 25.9 Å². The Morgan fingerprint density at radius 2 is 2.29 bits per heavy atom. The molecule has 0 radical (unpaired) electrons. The van der Waals surface area contributed by atoms with Crippen LogP contribution in [0, 0.1) is 0 Å². The van der Waals surface area contributed by atoms with E-state index in [0.717, 1.165) is 26.7 Å². The summed E-state index contributed by atoms with van der Waals surface area (Å²) in [7, 11) is 0. The molecule has 0 amide bonds. The van der Waals surface area contributed by atoms with Crippen molar-refractivity contribution in [2.45, 2.75) is 0 Å². The second-order valence-electron chi connectivity index (χ2n) is 3.65. The van der Waals surface area contributed by atoms with Crippen LogP contribution in [0.15, 0.2) is 27.7 Å². The number of rotatable bonds is 1. The Morgan fingerprint density at radius 1 is 1.47 bits per heavy atom. The van der Waals surface area contributed by atoms with E-state index >= 15 is 0 Å². The number of fused-ring (bicyclic) bond motifs is 1. The van der Waals surface area contributed by atoms with E-state index in [0.29, 0.717) is 10.1 Å². The molecule has 2 heterocycles. The number of aliphatic imine (C=N–C) groups is 1. The van der Waals surface area contributed by atoms with E-state index in [1.54, 1.807) is 0 Å². The van der Waals surface area contributed by atoms with Gasteiger partial charge in [-0.05, 0) is 18.2 Å². The van der Waals surface area contributed by atoms with Gasteiger partial charge in [0.15, 0.2) is 10.2 Å². The molecule has 2 N–H and O–H groups in total. The molecule has 6 heteroatoms. The largest absolute Gasteiger partial charge is 0.494 e. The minimum absolute atomic E-state index is 0.155. The second kappa shape index (κ2) is 4.12. The highest BCUT2D eigenvalue weighted by Gasteiger charge is 2.21. The monoisotopic (exact) mass is 326 g/mol. The maximum absolute atomic E-state index is 9.97. The number of halogens is 1. The van der Waals surface area contributed by atoms with E-state index in [1.165, 1.54) is 11.8 Å². The maximum atomic E-state index is 9.97. The minimum atomic E-state index is 0.155. The number of hydrogen-bond acceptors (Lipinski definition) is 3. The molecule has 1 aliphatic rings. The van der Waals surface area contributed by atoms with E-state index in [-0.39, 0.29) is 5.88 Å². The summed E-state index contributed by atoms with van der Waals surface area (Å²) in [6, 6.07) is 5.82. The summed E-state index contributed by atoms with van der Waals surface area (Å²) >= 11 is 9.98. The molecule has 0 fully saturated rings. The quantitative estimate of drug-likeness (QED) is 0.789. The molecule has 3 rings (SSSR count). The van der Waals surface area contributed by atoms with Crippen molar-refractivity contribution in [1.82, 2.24) is 4.98 Å². The number of aromatic hydroxyl groups is 1. The van der Waals surface area contributed by atoms with Crippen LogP contribution in [0.1, 0.15) is 5.56 Å². The molecule has 1 aromatic heterocycles. The molecule has 0 aliphatic carbocycles. The smallest absolute Gasteiger partial charge is 0.198 e. The van der Waals surface area contributed by atoms with Gasteiger partial charge in [0.2, 0.25) is 0 Å². The zero-order valence-corrected chi connectivity index (χ0v) is 11.7. The lowest BCUT2D eigenvalue weighted by atomic mass is 10.1. The first-order valence-electron chi connectivity index (χ1n) is 4.90. The van der Waals surface area contributed by atoms with Crippen LogP contribution in [0.5, 0.6) is 5.88 Å². The number of benzene rings is 1. The zero-order chi connectivity index (χ0) is 12.0. The summed E-state index contributed by atoms with van der Waals surface area (Å²) < 4.78 is 1.60. The van der Waals surface area contributed by atoms with Gasteiger partial charge in [-0.2, -0.15) is 0 Å². The van der Waals surface area contributed by atoms with Gasteiger partial charge in [-0.25, -0.2) is 4.99 Å². The lowest BCUT2D eigenvalue weighted by Crippen LogP contribution is -1.99. The summed E-state index contributed by atoms with van der Waals surface area (Å²) in [5, 5.41) is 10.9. The third kappa shape index (κ3) is 1.90. The first-order chi connectivity index (χ1) is 8.15. The van der Waals surface area contributed by atoms with E-state index in [2.05, 4.69) is 25.9 Å². The molecule has 2 aromatic rings. The summed E-state index contributed by atoms with van der Waals surface area (Å²) in [6.07, 6.45) is 0. The van der Waals surface area contributed by atoms with Gasteiger partial charge < -0.3 is 10.1 Å². The third-order valence-electron chi connectivity index (χ3n) is 2.59. The van der Waals surface area contributed by atoms with Crippen LogP contribution >= 0.6 is 39.9 Å². The molecule has 3 nitrogen and oxygen atoms in total. The van der Waals surface area contributed by atoms with Gasteiger partial charge in [-0.3, -0.25) is 0 Å². The van der Waals surface area contributed by atoms with Crippen molar-refractivity contribution >= 4 is 60.8 Å². The first-order valence-corrected chi connectivity index (χ1v) is 7.09.